The molecule has 0 fully saturated rings. The van der Waals surface area contributed by atoms with Crippen molar-refractivity contribution in [1.82, 2.24) is 4.90 Å². The van der Waals surface area contributed by atoms with E-state index in [4.69, 9.17) is 9.47 Å². The van der Waals surface area contributed by atoms with Gasteiger partial charge in [-0.2, -0.15) is 13.2 Å². The topological polar surface area (TPSA) is 21.7 Å². The number of nitrogens with zero attached hydrogens (tertiary/aromatic N) is 1. The van der Waals surface area contributed by atoms with Crippen LogP contribution in [0, 0.1) is 0 Å². The molecule has 0 aliphatic heterocycles. The molecule has 102 valence electrons. The molecule has 1 aromatic rings. The van der Waals surface area contributed by atoms with Gasteiger partial charge in [0.1, 0.15) is 6.04 Å². The number of ether oxygens (including phenoxy) is 2. The molecule has 0 saturated heterocycles. The largest absolute Gasteiger partial charge is 0.493 e. The van der Waals surface area contributed by atoms with Crippen LogP contribution in [0.1, 0.15) is 11.6 Å². The van der Waals surface area contributed by atoms with E-state index in [-0.39, 0.29) is 11.3 Å². The summed E-state index contributed by atoms with van der Waals surface area (Å²) in [4.78, 5) is 1.11. The maximum atomic E-state index is 13.0. The van der Waals surface area contributed by atoms with E-state index in [0.717, 1.165) is 4.90 Å². The van der Waals surface area contributed by atoms with Crippen molar-refractivity contribution in [3.8, 4) is 11.5 Å². The highest BCUT2D eigenvalue weighted by Crippen LogP contribution is 2.39. The third kappa shape index (κ3) is 3.07. The van der Waals surface area contributed by atoms with Crippen molar-refractivity contribution in [2.45, 2.75) is 12.2 Å². The van der Waals surface area contributed by atoms with Gasteiger partial charge in [0.25, 0.3) is 0 Å². The SMILES string of the molecule is COc1ccc(C(N(C)C)C(F)(F)F)cc1OC. The fourth-order valence-corrected chi connectivity index (χ4v) is 1.80. The van der Waals surface area contributed by atoms with Gasteiger partial charge in [0.05, 0.1) is 14.2 Å². The molecule has 3 nitrogen and oxygen atoms in total. The van der Waals surface area contributed by atoms with E-state index in [1.54, 1.807) is 0 Å². The first kappa shape index (κ1) is 14.6. The minimum Gasteiger partial charge on any atom is -0.493 e. The summed E-state index contributed by atoms with van der Waals surface area (Å²) >= 11 is 0. The molecule has 18 heavy (non-hydrogen) atoms. The minimum atomic E-state index is -4.34. The number of rotatable bonds is 4. The van der Waals surface area contributed by atoms with Gasteiger partial charge in [-0.1, -0.05) is 6.07 Å². The number of hydrogen-bond acceptors (Lipinski definition) is 3. The Hall–Kier alpha value is -1.43. The Kier molecular flexibility index (Phi) is 4.45. The summed E-state index contributed by atoms with van der Waals surface area (Å²) in [7, 11) is 5.59. The van der Waals surface area contributed by atoms with Crippen LogP contribution in [0.4, 0.5) is 13.2 Å². The molecule has 0 spiro atoms. The molecule has 0 heterocycles. The Bertz CT molecular complexity index is 405. The monoisotopic (exact) mass is 263 g/mol. The van der Waals surface area contributed by atoms with Crippen LogP contribution < -0.4 is 9.47 Å². The molecule has 6 heteroatoms. The minimum absolute atomic E-state index is 0.116. The molecule has 0 aliphatic carbocycles. The van der Waals surface area contributed by atoms with E-state index in [1.807, 2.05) is 0 Å². The van der Waals surface area contributed by atoms with Crippen LogP contribution in [-0.2, 0) is 0 Å². The van der Waals surface area contributed by atoms with Crippen LogP contribution in [0.2, 0.25) is 0 Å². The summed E-state index contributed by atoms with van der Waals surface area (Å²) in [6, 6.07) is 2.53. The molecule has 1 rings (SSSR count). The fraction of sp³-hybridized carbons (Fsp3) is 0.500. The van der Waals surface area contributed by atoms with Crippen molar-refractivity contribution in [2.24, 2.45) is 0 Å². The lowest BCUT2D eigenvalue weighted by molar-refractivity contribution is -0.179. The van der Waals surface area contributed by atoms with Gasteiger partial charge in [-0.05, 0) is 31.8 Å². The van der Waals surface area contributed by atoms with Crippen LogP contribution in [0.3, 0.4) is 0 Å². The molecule has 1 aromatic carbocycles. The molecule has 1 atom stereocenters. The third-order valence-electron chi connectivity index (χ3n) is 2.55. The molecule has 0 saturated carbocycles. The zero-order valence-corrected chi connectivity index (χ0v) is 10.7. The molecular weight excluding hydrogens is 247 g/mol. The van der Waals surface area contributed by atoms with Crippen molar-refractivity contribution in [2.75, 3.05) is 28.3 Å². The summed E-state index contributed by atoms with van der Waals surface area (Å²) in [5.41, 5.74) is 0.116. The summed E-state index contributed by atoms with van der Waals surface area (Å²) in [5.74, 6) is 0.687. The van der Waals surface area contributed by atoms with Gasteiger partial charge in [-0.15, -0.1) is 0 Å². The summed E-state index contributed by atoms with van der Waals surface area (Å²) in [6.07, 6.45) is -4.34. The number of methoxy groups -OCH3 is 2. The number of alkyl halides is 3. The maximum Gasteiger partial charge on any atom is 0.408 e. The number of benzene rings is 1. The highest BCUT2D eigenvalue weighted by Gasteiger charge is 2.42. The fourth-order valence-electron chi connectivity index (χ4n) is 1.80. The summed E-state index contributed by atoms with van der Waals surface area (Å²) in [5, 5.41) is 0. The van der Waals surface area contributed by atoms with E-state index in [9.17, 15) is 13.2 Å². The van der Waals surface area contributed by atoms with Crippen molar-refractivity contribution in [3.63, 3.8) is 0 Å². The Morgan fingerprint density at radius 1 is 1.06 bits per heavy atom. The second-order valence-corrected chi connectivity index (χ2v) is 4.02. The van der Waals surface area contributed by atoms with E-state index >= 15 is 0 Å². The predicted octanol–water partition coefficient (Wildman–Crippen LogP) is 2.87. The Morgan fingerprint density at radius 3 is 2.00 bits per heavy atom. The molecule has 1 unspecified atom stereocenters. The highest BCUT2D eigenvalue weighted by molar-refractivity contribution is 5.44. The zero-order chi connectivity index (χ0) is 13.9. The Morgan fingerprint density at radius 2 is 1.61 bits per heavy atom. The van der Waals surface area contributed by atoms with Crippen molar-refractivity contribution < 1.29 is 22.6 Å². The van der Waals surface area contributed by atoms with E-state index in [1.165, 1.54) is 46.5 Å². The standard InChI is InChI=1S/C12H16F3NO2/c1-16(2)11(12(13,14)15)8-5-6-9(17-3)10(7-8)18-4/h5-7,11H,1-4H3. The molecule has 0 bridgehead atoms. The normalized spacial score (nSPS) is 13.6. The molecule has 0 radical (unpaired) electrons. The molecule has 0 N–H and O–H groups in total. The first-order valence-electron chi connectivity index (χ1n) is 5.26. The van der Waals surface area contributed by atoms with E-state index < -0.39 is 12.2 Å². The Balaban J connectivity index is 3.22. The van der Waals surface area contributed by atoms with Gasteiger partial charge in [-0.25, -0.2) is 0 Å². The lowest BCUT2D eigenvalue weighted by atomic mass is 10.0. The van der Waals surface area contributed by atoms with Crippen LogP contribution in [-0.4, -0.2) is 39.4 Å². The predicted molar refractivity (Wildman–Crippen MR) is 62.0 cm³/mol. The zero-order valence-electron chi connectivity index (χ0n) is 10.7. The lowest BCUT2D eigenvalue weighted by Crippen LogP contribution is -2.33. The van der Waals surface area contributed by atoms with Crippen LogP contribution in [0.15, 0.2) is 18.2 Å². The van der Waals surface area contributed by atoms with E-state index in [2.05, 4.69) is 0 Å². The second kappa shape index (κ2) is 5.48. The van der Waals surface area contributed by atoms with E-state index in [0.29, 0.717) is 5.75 Å². The van der Waals surface area contributed by atoms with Crippen LogP contribution in [0.5, 0.6) is 11.5 Å². The first-order valence-corrected chi connectivity index (χ1v) is 5.26. The van der Waals surface area contributed by atoms with Gasteiger partial charge in [0.15, 0.2) is 11.5 Å². The summed E-state index contributed by atoms with van der Waals surface area (Å²) in [6.45, 7) is 0. The average molecular weight is 263 g/mol. The van der Waals surface area contributed by atoms with Gasteiger partial charge < -0.3 is 9.47 Å². The smallest absolute Gasteiger partial charge is 0.408 e. The van der Waals surface area contributed by atoms with Crippen molar-refractivity contribution in [1.29, 1.82) is 0 Å². The van der Waals surface area contributed by atoms with Crippen LogP contribution in [0.25, 0.3) is 0 Å². The van der Waals surface area contributed by atoms with Gasteiger partial charge >= 0.3 is 6.18 Å². The van der Waals surface area contributed by atoms with Gasteiger partial charge in [-0.3, -0.25) is 4.90 Å². The number of halogens is 3. The molecular formula is C12H16F3NO2. The maximum absolute atomic E-state index is 13.0. The molecule has 0 aromatic heterocycles. The molecule has 0 aliphatic rings. The quantitative estimate of drug-likeness (QED) is 0.833. The Labute approximate surface area is 104 Å². The average Bonchev–Trinajstić information content (AvgIpc) is 2.26. The van der Waals surface area contributed by atoms with Crippen molar-refractivity contribution >= 4 is 0 Å². The highest BCUT2D eigenvalue weighted by atomic mass is 19.4. The number of hydrogen-bond donors (Lipinski definition) is 0. The van der Waals surface area contributed by atoms with Gasteiger partial charge in [0, 0.05) is 0 Å². The summed E-state index contributed by atoms with van der Waals surface area (Å²) < 4.78 is 48.9. The van der Waals surface area contributed by atoms with Crippen LogP contribution >= 0.6 is 0 Å². The van der Waals surface area contributed by atoms with Crippen molar-refractivity contribution in [3.05, 3.63) is 23.8 Å². The van der Waals surface area contributed by atoms with Gasteiger partial charge in [0.2, 0.25) is 0 Å². The molecule has 0 amide bonds. The second-order valence-electron chi connectivity index (χ2n) is 4.02. The lowest BCUT2D eigenvalue weighted by Gasteiger charge is -2.27. The third-order valence-corrected chi connectivity index (χ3v) is 2.55. The first-order chi connectivity index (χ1) is 8.31.